The molecule has 0 unspecified atom stereocenters. The second-order valence-corrected chi connectivity index (χ2v) is 6.43. The Labute approximate surface area is 162 Å². The van der Waals surface area contributed by atoms with Crippen molar-refractivity contribution in [1.82, 2.24) is 0 Å². The number of benzene rings is 3. The Kier molecular flexibility index (Phi) is 4.57. The van der Waals surface area contributed by atoms with E-state index in [0.29, 0.717) is 28.1 Å². The van der Waals surface area contributed by atoms with Crippen molar-refractivity contribution in [3.8, 4) is 5.75 Å². The van der Waals surface area contributed by atoms with Crippen molar-refractivity contribution in [2.75, 3.05) is 12.0 Å². The van der Waals surface area contributed by atoms with Gasteiger partial charge in [0.25, 0.3) is 5.91 Å². The molecule has 1 atom stereocenters. The van der Waals surface area contributed by atoms with E-state index in [-0.39, 0.29) is 5.76 Å². The summed E-state index contributed by atoms with van der Waals surface area (Å²) in [6, 6.07) is 21.4. The fraction of sp³-hybridized carbons (Fsp3) is 0.0870. The first-order chi connectivity index (χ1) is 13.6. The van der Waals surface area contributed by atoms with Crippen LogP contribution in [0.2, 0.25) is 0 Å². The highest BCUT2D eigenvalue weighted by molar-refractivity contribution is 6.16. The SMILES string of the molecule is COc1ccc(N2C(=O)C(O)=C(c3ccccc3)[C@H]2c2ccccc2F)cc1. The van der Waals surface area contributed by atoms with Crippen LogP contribution in [0, 0.1) is 5.82 Å². The van der Waals surface area contributed by atoms with Gasteiger partial charge in [0.05, 0.1) is 13.2 Å². The second kappa shape index (κ2) is 7.19. The van der Waals surface area contributed by atoms with E-state index in [1.807, 2.05) is 18.2 Å². The van der Waals surface area contributed by atoms with Gasteiger partial charge in [-0.25, -0.2) is 4.39 Å². The smallest absolute Gasteiger partial charge is 0.294 e. The van der Waals surface area contributed by atoms with Crippen molar-refractivity contribution in [3.05, 3.63) is 102 Å². The van der Waals surface area contributed by atoms with E-state index in [1.54, 1.807) is 61.7 Å². The summed E-state index contributed by atoms with van der Waals surface area (Å²) in [5, 5.41) is 10.7. The third-order valence-electron chi connectivity index (χ3n) is 4.84. The van der Waals surface area contributed by atoms with E-state index in [2.05, 4.69) is 0 Å². The van der Waals surface area contributed by atoms with Gasteiger partial charge in [-0.15, -0.1) is 0 Å². The van der Waals surface area contributed by atoms with Gasteiger partial charge in [0.1, 0.15) is 11.6 Å². The van der Waals surface area contributed by atoms with Crippen LogP contribution in [0.25, 0.3) is 5.57 Å². The summed E-state index contributed by atoms with van der Waals surface area (Å²) in [5.41, 5.74) is 1.90. The number of anilines is 1. The van der Waals surface area contributed by atoms with Gasteiger partial charge in [0.15, 0.2) is 5.76 Å². The minimum Gasteiger partial charge on any atom is -0.503 e. The number of methoxy groups -OCH3 is 1. The molecule has 0 saturated carbocycles. The Bertz CT molecular complexity index is 1040. The molecule has 0 bridgehead atoms. The molecule has 4 nitrogen and oxygen atoms in total. The lowest BCUT2D eigenvalue weighted by Gasteiger charge is -2.27. The molecule has 0 saturated heterocycles. The molecule has 3 aromatic rings. The van der Waals surface area contributed by atoms with Gasteiger partial charge in [0.2, 0.25) is 0 Å². The van der Waals surface area contributed by atoms with Crippen molar-refractivity contribution in [3.63, 3.8) is 0 Å². The van der Waals surface area contributed by atoms with E-state index in [9.17, 15) is 14.3 Å². The lowest BCUT2D eigenvalue weighted by atomic mass is 9.93. The predicted octanol–water partition coefficient (Wildman–Crippen LogP) is 4.89. The normalized spacial score (nSPS) is 16.6. The largest absolute Gasteiger partial charge is 0.503 e. The molecule has 1 aliphatic heterocycles. The Morgan fingerprint density at radius 1 is 0.929 bits per heavy atom. The number of nitrogens with zero attached hydrogens (tertiary/aromatic N) is 1. The molecule has 3 aromatic carbocycles. The first kappa shape index (κ1) is 17.8. The Balaban J connectivity index is 1.91. The van der Waals surface area contributed by atoms with Gasteiger partial charge in [-0.3, -0.25) is 9.69 Å². The van der Waals surface area contributed by atoms with Gasteiger partial charge < -0.3 is 9.84 Å². The molecule has 4 rings (SSSR count). The molecule has 0 aliphatic carbocycles. The molecule has 1 heterocycles. The Hall–Kier alpha value is -3.60. The Morgan fingerprint density at radius 2 is 1.57 bits per heavy atom. The summed E-state index contributed by atoms with van der Waals surface area (Å²) in [5.74, 6) is -0.757. The second-order valence-electron chi connectivity index (χ2n) is 6.43. The highest BCUT2D eigenvalue weighted by Gasteiger charge is 2.42. The van der Waals surface area contributed by atoms with Crippen LogP contribution in [0.1, 0.15) is 17.2 Å². The molecule has 0 fully saturated rings. The summed E-state index contributed by atoms with van der Waals surface area (Å²) in [4.78, 5) is 14.4. The summed E-state index contributed by atoms with van der Waals surface area (Å²) >= 11 is 0. The van der Waals surface area contributed by atoms with Crippen LogP contribution in [0.3, 0.4) is 0 Å². The van der Waals surface area contributed by atoms with Crippen LogP contribution in [-0.2, 0) is 4.79 Å². The monoisotopic (exact) mass is 375 g/mol. The first-order valence-corrected chi connectivity index (χ1v) is 8.82. The average molecular weight is 375 g/mol. The third kappa shape index (κ3) is 2.91. The highest BCUT2D eigenvalue weighted by atomic mass is 19.1. The van der Waals surface area contributed by atoms with Crippen molar-refractivity contribution >= 4 is 17.2 Å². The zero-order chi connectivity index (χ0) is 19.7. The molecular weight excluding hydrogens is 357 g/mol. The number of halogens is 1. The standard InChI is InChI=1S/C23H18FNO3/c1-28-17-13-11-16(12-14-17)25-21(18-9-5-6-10-19(18)24)20(22(26)23(25)27)15-7-3-2-4-8-15/h2-14,21,26H,1H3/t21-/m1/s1. The number of aliphatic hydroxyl groups is 1. The van der Waals surface area contributed by atoms with E-state index in [4.69, 9.17) is 4.74 Å². The van der Waals surface area contributed by atoms with E-state index < -0.39 is 17.8 Å². The third-order valence-corrected chi connectivity index (χ3v) is 4.84. The Morgan fingerprint density at radius 3 is 2.21 bits per heavy atom. The molecule has 1 amide bonds. The van der Waals surface area contributed by atoms with Gasteiger partial charge in [-0.2, -0.15) is 0 Å². The number of carbonyl (C=O) groups excluding carboxylic acids is 1. The zero-order valence-corrected chi connectivity index (χ0v) is 15.2. The molecule has 1 aliphatic rings. The number of rotatable bonds is 4. The van der Waals surface area contributed by atoms with Crippen LogP contribution in [0.5, 0.6) is 5.75 Å². The van der Waals surface area contributed by atoms with Crippen molar-refractivity contribution < 1.29 is 19.0 Å². The van der Waals surface area contributed by atoms with Crippen molar-refractivity contribution in [2.45, 2.75) is 6.04 Å². The van der Waals surface area contributed by atoms with Gasteiger partial charge in [0, 0.05) is 16.8 Å². The lowest BCUT2D eigenvalue weighted by Crippen LogP contribution is -2.30. The first-order valence-electron chi connectivity index (χ1n) is 8.82. The molecule has 0 aromatic heterocycles. The maximum Gasteiger partial charge on any atom is 0.294 e. The molecule has 0 spiro atoms. The number of ether oxygens (including phenoxy) is 1. The summed E-state index contributed by atoms with van der Waals surface area (Å²) in [6.45, 7) is 0. The maximum atomic E-state index is 14.7. The number of aliphatic hydroxyl groups excluding tert-OH is 1. The number of hydrogen-bond acceptors (Lipinski definition) is 3. The molecular formula is C23H18FNO3. The maximum absolute atomic E-state index is 14.7. The zero-order valence-electron chi connectivity index (χ0n) is 15.2. The predicted molar refractivity (Wildman–Crippen MR) is 106 cm³/mol. The van der Waals surface area contributed by atoms with Crippen molar-refractivity contribution in [1.29, 1.82) is 0 Å². The minimum absolute atomic E-state index is 0.314. The lowest BCUT2D eigenvalue weighted by molar-refractivity contribution is -0.117. The molecule has 28 heavy (non-hydrogen) atoms. The average Bonchev–Trinajstić information content (AvgIpc) is 3.00. The fourth-order valence-electron chi connectivity index (χ4n) is 3.52. The fourth-order valence-corrected chi connectivity index (χ4v) is 3.52. The van der Waals surface area contributed by atoms with Crippen LogP contribution >= 0.6 is 0 Å². The van der Waals surface area contributed by atoms with E-state index in [1.165, 1.54) is 11.0 Å². The summed E-state index contributed by atoms with van der Waals surface area (Å²) in [6.07, 6.45) is 0. The summed E-state index contributed by atoms with van der Waals surface area (Å²) in [7, 11) is 1.55. The van der Waals surface area contributed by atoms with E-state index >= 15 is 0 Å². The van der Waals surface area contributed by atoms with E-state index in [0.717, 1.165) is 0 Å². The number of hydrogen-bond donors (Lipinski definition) is 1. The number of carbonyl (C=O) groups is 1. The molecule has 140 valence electrons. The summed E-state index contributed by atoms with van der Waals surface area (Å²) < 4.78 is 19.9. The van der Waals surface area contributed by atoms with Crippen LogP contribution in [-0.4, -0.2) is 18.1 Å². The van der Waals surface area contributed by atoms with Crippen LogP contribution in [0.15, 0.2) is 84.6 Å². The van der Waals surface area contributed by atoms with Gasteiger partial charge >= 0.3 is 0 Å². The molecule has 1 N–H and O–H groups in total. The van der Waals surface area contributed by atoms with Gasteiger partial charge in [-0.05, 0) is 35.9 Å². The topological polar surface area (TPSA) is 49.8 Å². The van der Waals surface area contributed by atoms with Crippen LogP contribution < -0.4 is 9.64 Å². The quantitative estimate of drug-likeness (QED) is 0.706. The molecule has 5 heteroatoms. The van der Waals surface area contributed by atoms with Gasteiger partial charge in [-0.1, -0.05) is 48.5 Å². The van der Waals surface area contributed by atoms with Crippen molar-refractivity contribution in [2.24, 2.45) is 0 Å². The highest BCUT2D eigenvalue weighted by Crippen LogP contribution is 2.46. The minimum atomic E-state index is -0.788. The van der Waals surface area contributed by atoms with Crippen LogP contribution in [0.4, 0.5) is 10.1 Å². The number of amides is 1. The molecule has 0 radical (unpaired) electrons.